The zero-order chi connectivity index (χ0) is 18.2. The molecular weight excluding hydrogens is 320 g/mol. The van der Waals surface area contributed by atoms with E-state index >= 15 is 0 Å². The number of methoxy groups -OCH3 is 2. The highest BCUT2D eigenvalue weighted by atomic mass is 16.5. The number of rotatable bonds is 8. The van der Waals surface area contributed by atoms with Gasteiger partial charge in [0.25, 0.3) is 0 Å². The first kappa shape index (κ1) is 18.4. The molecule has 2 rings (SSSR count). The number of carboxylic acids is 1. The van der Waals surface area contributed by atoms with Gasteiger partial charge in [0.1, 0.15) is 5.75 Å². The molecule has 0 atom stereocenters. The van der Waals surface area contributed by atoms with Crippen molar-refractivity contribution in [2.24, 2.45) is 0 Å². The Morgan fingerprint density at radius 1 is 1.04 bits per heavy atom. The molecule has 2 aromatic rings. The highest BCUT2D eigenvalue weighted by Crippen LogP contribution is 2.32. The van der Waals surface area contributed by atoms with Gasteiger partial charge in [0.05, 0.1) is 26.4 Å². The summed E-state index contributed by atoms with van der Waals surface area (Å²) >= 11 is 0. The molecule has 0 aliphatic carbocycles. The largest absolute Gasteiger partial charge is 0.493 e. The molecule has 5 heteroatoms. The summed E-state index contributed by atoms with van der Waals surface area (Å²) in [4.78, 5) is 11.8. The molecular formula is C20H22O5. The van der Waals surface area contributed by atoms with Crippen molar-refractivity contribution >= 4 is 17.6 Å². The van der Waals surface area contributed by atoms with Crippen LogP contribution in [0.3, 0.4) is 0 Å². The van der Waals surface area contributed by atoms with E-state index in [1.165, 1.54) is 14.2 Å². The first-order valence-corrected chi connectivity index (χ1v) is 8.00. The van der Waals surface area contributed by atoms with Crippen LogP contribution in [-0.4, -0.2) is 31.9 Å². The maximum absolute atomic E-state index is 11.8. The first-order chi connectivity index (χ1) is 12.1. The molecule has 0 aromatic heterocycles. The summed E-state index contributed by atoms with van der Waals surface area (Å²) in [7, 11) is 3.05. The minimum Gasteiger partial charge on any atom is -0.493 e. The van der Waals surface area contributed by atoms with Gasteiger partial charge in [-0.3, -0.25) is 0 Å². The van der Waals surface area contributed by atoms with Crippen LogP contribution in [0.25, 0.3) is 11.6 Å². The Balaban J connectivity index is 2.49. The quantitative estimate of drug-likeness (QED) is 0.577. The van der Waals surface area contributed by atoms with E-state index in [-0.39, 0.29) is 5.57 Å². The predicted molar refractivity (Wildman–Crippen MR) is 97.3 cm³/mol. The van der Waals surface area contributed by atoms with Gasteiger partial charge in [0.2, 0.25) is 0 Å². The van der Waals surface area contributed by atoms with Crippen LogP contribution in [0.5, 0.6) is 17.2 Å². The van der Waals surface area contributed by atoms with Crippen molar-refractivity contribution in [3.05, 3.63) is 53.6 Å². The molecule has 0 fully saturated rings. The second-order valence-corrected chi connectivity index (χ2v) is 5.32. The van der Waals surface area contributed by atoms with Crippen molar-refractivity contribution in [3.63, 3.8) is 0 Å². The Bertz CT molecular complexity index is 764. The van der Waals surface area contributed by atoms with E-state index in [1.54, 1.807) is 24.3 Å². The van der Waals surface area contributed by atoms with E-state index in [4.69, 9.17) is 14.2 Å². The lowest BCUT2D eigenvalue weighted by atomic mass is 10.0. The number of hydrogen-bond donors (Lipinski definition) is 1. The number of benzene rings is 2. The van der Waals surface area contributed by atoms with Crippen molar-refractivity contribution in [2.75, 3.05) is 20.8 Å². The van der Waals surface area contributed by atoms with Gasteiger partial charge in [-0.25, -0.2) is 4.79 Å². The summed E-state index contributed by atoms with van der Waals surface area (Å²) in [5.41, 5.74) is 1.38. The van der Waals surface area contributed by atoms with Crippen molar-refractivity contribution in [3.8, 4) is 17.2 Å². The SMILES string of the molecule is CCCOc1ccccc1/C=C(\C(=O)O)c1ccc(OC)c(OC)c1. The van der Waals surface area contributed by atoms with Crippen LogP contribution in [0.2, 0.25) is 0 Å². The summed E-state index contributed by atoms with van der Waals surface area (Å²) in [6, 6.07) is 12.4. The van der Waals surface area contributed by atoms with Gasteiger partial charge in [-0.2, -0.15) is 0 Å². The molecule has 0 aliphatic heterocycles. The van der Waals surface area contributed by atoms with Gasteiger partial charge in [0.15, 0.2) is 11.5 Å². The molecule has 0 unspecified atom stereocenters. The second kappa shape index (κ2) is 8.78. The zero-order valence-electron chi connectivity index (χ0n) is 14.6. The summed E-state index contributed by atoms with van der Waals surface area (Å²) < 4.78 is 16.2. The Morgan fingerprint density at radius 3 is 2.40 bits per heavy atom. The van der Waals surface area contributed by atoms with Gasteiger partial charge < -0.3 is 19.3 Å². The van der Waals surface area contributed by atoms with E-state index < -0.39 is 5.97 Å². The highest BCUT2D eigenvalue weighted by molar-refractivity contribution is 6.21. The number of carbonyl (C=O) groups is 1. The number of aliphatic carboxylic acids is 1. The summed E-state index contributed by atoms with van der Waals surface area (Å²) in [5.74, 6) is 0.645. The van der Waals surface area contributed by atoms with Crippen molar-refractivity contribution in [1.82, 2.24) is 0 Å². The fraction of sp³-hybridized carbons (Fsp3) is 0.250. The van der Waals surface area contributed by atoms with Gasteiger partial charge in [-0.15, -0.1) is 0 Å². The Hall–Kier alpha value is -2.95. The van der Waals surface area contributed by atoms with Gasteiger partial charge in [0, 0.05) is 5.56 Å². The number of ether oxygens (including phenoxy) is 3. The fourth-order valence-electron chi connectivity index (χ4n) is 2.37. The molecule has 0 saturated carbocycles. The number of hydrogen-bond acceptors (Lipinski definition) is 4. The molecule has 0 aliphatic rings. The third-order valence-corrected chi connectivity index (χ3v) is 3.61. The summed E-state index contributed by atoms with van der Waals surface area (Å²) in [6.07, 6.45) is 2.48. The van der Waals surface area contributed by atoms with Crippen LogP contribution in [0.1, 0.15) is 24.5 Å². The Morgan fingerprint density at radius 2 is 1.76 bits per heavy atom. The minimum absolute atomic E-state index is 0.147. The first-order valence-electron chi connectivity index (χ1n) is 8.00. The lowest BCUT2D eigenvalue weighted by Gasteiger charge is -2.11. The molecule has 25 heavy (non-hydrogen) atoms. The topological polar surface area (TPSA) is 65.0 Å². The Labute approximate surface area is 147 Å². The predicted octanol–water partition coefficient (Wildman–Crippen LogP) is 4.12. The maximum Gasteiger partial charge on any atom is 0.336 e. The number of para-hydroxylation sites is 1. The average Bonchev–Trinajstić information content (AvgIpc) is 2.64. The van der Waals surface area contributed by atoms with Crippen LogP contribution in [0.15, 0.2) is 42.5 Å². The molecule has 0 amide bonds. The van der Waals surface area contributed by atoms with Crippen molar-refractivity contribution in [1.29, 1.82) is 0 Å². The molecule has 0 saturated heterocycles. The van der Waals surface area contributed by atoms with Crippen LogP contribution in [0, 0.1) is 0 Å². The standard InChI is InChI=1S/C20H22O5/c1-4-11-25-17-8-6-5-7-15(17)12-16(20(21)22)14-9-10-18(23-2)19(13-14)24-3/h5-10,12-13H,4,11H2,1-3H3,(H,21,22)/b16-12-. The van der Waals surface area contributed by atoms with E-state index in [2.05, 4.69) is 0 Å². The van der Waals surface area contributed by atoms with Crippen LogP contribution >= 0.6 is 0 Å². The van der Waals surface area contributed by atoms with Crippen LogP contribution < -0.4 is 14.2 Å². The van der Waals surface area contributed by atoms with E-state index in [9.17, 15) is 9.90 Å². The maximum atomic E-state index is 11.8. The second-order valence-electron chi connectivity index (χ2n) is 5.32. The lowest BCUT2D eigenvalue weighted by molar-refractivity contribution is -0.130. The third-order valence-electron chi connectivity index (χ3n) is 3.61. The monoisotopic (exact) mass is 342 g/mol. The molecule has 132 valence electrons. The molecule has 0 heterocycles. The highest BCUT2D eigenvalue weighted by Gasteiger charge is 2.15. The van der Waals surface area contributed by atoms with Gasteiger partial charge in [-0.1, -0.05) is 31.2 Å². The number of carboxylic acid groups (broad SMARTS) is 1. The molecule has 5 nitrogen and oxygen atoms in total. The summed E-state index contributed by atoms with van der Waals surface area (Å²) in [6.45, 7) is 2.59. The van der Waals surface area contributed by atoms with Crippen molar-refractivity contribution < 1.29 is 24.1 Å². The van der Waals surface area contributed by atoms with Gasteiger partial charge in [-0.05, 0) is 36.3 Å². The normalized spacial score (nSPS) is 11.1. The van der Waals surface area contributed by atoms with Gasteiger partial charge >= 0.3 is 5.97 Å². The van der Waals surface area contributed by atoms with E-state index in [0.29, 0.717) is 35.0 Å². The van der Waals surface area contributed by atoms with Crippen molar-refractivity contribution in [2.45, 2.75) is 13.3 Å². The summed E-state index contributed by atoms with van der Waals surface area (Å²) in [5, 5.41) is 9.66. The molecule has 1 N–H and O–H groups in total. The van der Waals surface area contributed by atoms with E-state index in [1.807, 2.05) is 31.2 Å². The minimum atomic E-state index is -1.03. The molecule has 0 spiro atoms. The fourth-order valence-corrected chi connectivity index (χ4v) is 2.37. The molecule has 0 bridgehead atoms. The van der Waals surface area contributed by atoms with Crippen LogP contribution in [-0.2, 0) is 4.79 Å². The average molecular weight is 342 g/mol. The molecule has 0 radical (unpaired) electrons. The van der Waals surface area contributed by atoms with E-state index in [0.717, 1.165) is 6.42 Å². The lowest BCUT2D eigenvalue weighted by Crippen LogP contribution is -2.02. The smallest absolute Gasteiger partial charge is 0.336 e. The zero-order valence-corrected chi connectivity index (χ0v) is 14.6. The third kappa shape index (κ3) is 4.53. The Kier molecular flexibility index (Phi) is 6.46. The molecule has 2 aromatic carbocycles. The van der Waals surface area contributed by atoms with Crippen LogP contribution in [0.4, 0.5) is 0 Å².